The zero-order valence-corrected chi connectivity index (χ0v) is 17.9. The van der Waals surface area contributed by atoms with Crippen LogP contribution in [0.3, 0.4) is 0 Å². The van der Waals surface area contributed by atoms with Gasteiger partial charge in [-0.25, -0.2) is 0 Å². The highest BCUT2D eigenvalue weighted by atomic mass is 79.9. The topological polar surface area (TPSA) is 0 Å². The summed E-state index contributed by atoms with van der Waals surface area (Å²) < 4.78 is 1.14. The second-order valence-corrected chi connectivity index (χ2v) is 8.71. The van der Waals surface area contributed by atoms with E-state index in [9.17, 15) is 0 Å². The van der Waals surface area contributed by atoms with Crippen molar-refractivity contribution < 1.29 is 0 Å². The molecule has 5 aromatic rings. The first-order valence-electron chi connectivity index (χ1n) is 10.2. The molecule has 0 atom stereocenters. The summed E-state index contributed by atoms with van der Waals surface area (Å²) in [7, 11) is 0. The zero-order valence-electron chi connectivity index (χ0n) is 16.3. The third-order valence-electron chi connectivity index (χ3n) is 6.41. The molecule has 0 amide bonds. The van der Waals surface area contributed by atoms with Crippen LogP contribution in [0.2, 0.25) is 0 Å². The number of rotatable bonds is 2. The lowest BCUT2D eigenvalue weighted by Gasteiger charge is -2.34. The van der Waals surface area contributed by atoms with Gasteiger partial charge in [0.2, 0.25) is 0 Å². The predicted molar refractivity (Wildman–Crippen MR) is 129 cm³/mol. The summed E-state index contributed by atoms with van der Waals surface area (Å²) in [5.41, 5.74) is 7.60. The Morgan fingerprint density at radius 2 is 1.03 bits per heavy atom. The van der Waals surface area contributed by atoms with Crippen LogP contribution in [-0.4, -0.2) is 0 Å². The monoisotopic (exact) mass is 446 g/mol. The molecule has 30 heavy (non-hydrogen) atoms. The Labute approximate surface area is 185 Å². The molecule has 0 fully saturated rings. The second kappa shape index (κ2) is 6.68. The van der Waals surface area contributed by atoms with E-state index in [1.54, 1.807) is 0 Å². The summed E-state index contributed by atoms with van der Waals surface area (Å²) in [4.78, 5) is 0. The van der Waals surface area contributed by atoms with Gasteiger partial charge in [-0.15, -0.1) is 0 Å². The fourth-order valence-electron chi connectivity index (χ4n) is 5.26. The van der Waals surface area contributed by atoms with Gasteiger partial charge in [-0.2, -0.15) is 0 Å². The van der Waals surface area contributed by atoms with Crippen LogP contribution in [0.5, 0.6) is 0 Å². The molecule has 0 spiro atoms. The van der Waals surface area contributed by atoms with Crippen molar-refractivity contribution in [2.45, 2.75) is 5.41 Å². The summed E-state index contributed by atoms with van der Waals surface area (Å²) >= 11 is 3.89. The molecule has 6 rings (SSSR count). The Morgan fingerprint density at radius 3 is 1.70 bits per heavy atom. The Bertz CT molecular complexity index is 1350. The van der Waals surface area contributed by atoms with Crippen LogP contribution < -0.4 is 0 Å². The maximum atomic E-state index is 3.89. The van der Waals surface area contributed by atoms with E-state index in [4.69, 9.17) is 0 Å². The average molecular weight is 447 g/mol. The van der Waals surface area contributed by atoms with Crippen molar-refractivity contribution in [3.63, 3.8) is 0 Å². The summed E-state index contributed by atoms with van der Waals surface area (Å²) in [5.74, 6) is 0. The van der Waals surface area contributed by atoms with E-state index in [2.05, 4.69) is 131 Å². The van der Waals surface area contributed by atoms with E-state index in [1.165, 1.54) is 44.2 Å². The summed E-state index contributed by atoms with van der Waals surface area (Å²) in [6.45, 7) is 0. The van der Waals surface area contributed by atoms with Crippen molar-refractivity contribution in [1.29, 1.82) is 0 Å². The lowest BCUT2D eigenvalue weighted by atomic mass is 9.67. The second-order valence-electron chi connectivity index (χ2n) is 7.85. The maximum absolute atomic E-state index is 3.89. The minimum atomic E-state index is -0.346. The molecule has 5 aromatic carbocycles. The van der Waals surface area contributed by atoms with E-state index >= 15 is 0 Å². The van der Waals surface area contributed by atoms with Crippen LogP contribution in [0.1, 0.15) is 22.3 Å². The SMILES string of the molecule is Brc1cc2c(c3ccccc13)-c1ccccc1C2(c1ccccc1)c1ccccc1. The molecule has 0 bridgehead atoms. The van der Waals surface area contributed by atoms with Gasteiger partial charge in [0.1, 0.15) is 0 Å². The maximum Gasteiger partial charge on any atom is 0.0714 e. The summed E-state index contributed by atoms with van der Waals surface area (Å²) in [5, 5.41) is 2.55. The Morgan fingerprint density at radius 1 is 0.500 bits per heavy atom. The van der Waals surface area contributed by atoms with Gasteiger partial charge in [-0.05, 0) is 50.2 Å². The predicted octanol–water partition coefficient (Wildman–Crippen LogP) is 7.97. The molecule has 1 aliphatic rings. The van der Waals surface area contributed by atoms with Crippen molar-refractivity contribution in [3.05, 3.63) is 142 Å². The van der Waals surface area contributed by atoms with E-state index in [0.29, 0.717) is 0 Å². The van der Waals surface area contributed by atoms with Gasteiger partial charge in [-0.1, -0.05) is 125 Å². The summed E-state index contributed by atoms with van der Waals surface area (Å²) in [6.07, 6.45) is 0. The molecule has 0 aliphatic heterocycles. The van der Waals surface area contributed by atoms with E-state index in [0.717, 1.165) is 4.47 Å². The minimum absolute atomic E-state index is 0.346. The Kier molecular flexibility index (Phi) is 3.94. The van der Waals surface area contributed by atoms with Gasteiger partial charge in [0, 0.05) is 4.47 Å². The molecule has 1 heteroatoms. The van der Waals surface area contributed by atoms with Crippen molar-refractivity contribution in [1.82, 2.24) is 0 Å². The molecule has 0 aromatic heterocycles. The first-order chi connectivity index (χ1) is 14.8. The molecular weight excluding hydrogens is 428 g/mol. The fraction of sp³-hybridized carbons (Fsp3) is 0.0345. The quantitative estimate of drug-likeness (QED) is 0.253. The van der Waals surface area contributed by atoms with Crippen LogP contribution in [0.4, 0.5) is 0 Å². The highest BCUT2D eigenvalue weighted by Crippen LogP contribution is 2.58. The first kappa shape index (κ1) is 17.7. The van der Waals surface area contributed by atoms with Crippen LogP contribution in [0, 0.1) is 0 Å². The molecule has 0 saturated carbocycles. The zero-order chi connectivity index (χ0) is 20.1. The number of benzene rings is 5. The fourth-order valence-corrected chi connectivity index (χ4v) is 5.83. The third-order valence-corrected chi connectivity index (χ3v) is 7.07. The molecule has 0 unspecified atom stereocenters. The van der Waals surface area contributed by atoms with Gasteiger partial charge < -0.3 is 0 Å². The Hall–Kier alpha value is -3.16. The highest BCUT2D eigenvalue weighted by molar-refractivity contribution is 9.10. The molecule has 142 valence electrons. The van der Waals surface area contributed by atoms with Crippen molar-refractivity contribution in [3.8, 4) is 11.1 Å². The van der Waals surface area contributed by atoms with E-state index in [1.807, 2.05) is 0 Å². The van der Waals surface area contributed by atoms with Crippen LogP contribution in [-0.2, 0) is 5.41 Å². The third kappa shape index (κ3) is 2.27. The standard InChI is InChI=1S/C29H19Br/c30-27-19-26-28(23-16-8-7-15-22(23)27)24-17-9-10-18-25(24)29(26,20-11-3-1-4-12-20)21-13-5-2-6-14-21/h1-19H. The highest BCUT2D eigenvalue weighted by Gasteiger charge is 2.46. The van der Waals surface area contributed by atoms with Crippen molar-refractivity contribution >= 4 is 26.7 Å². The molecule has 0 radical (unpaired) electrons. The first-order valence-corrected chi connectivity index (χ1v) is 11.0. The molecule has 1 aliphatic carbocycles. The minimum Gasteiger partial charge on any atom is -0.0622 e. The van der Waals surface area contributed by atoms with Gasteiger partial charge in [0.25, 0.3) is 0 Å². The number of halogens is 1. The van der Waals surface area contributed by atoms with Crippen LogP contribution in [0.15, 0.2) is 120 Å². The largest absolute Gasteiger partial charge is 0.0714 e. The van der Waals surface area contributed by atoms with Gasteiger partial charge in [-0.3, -0.25) is 0 Å². The summed E-state index contributed by atoms with van der Waals surface area (Å²) in [6, 6.07) is 41.8. The van der Waals surface area contributed by atoms with Crippen LogP contribution in [0.25, 0.3) is 21.9 Å². The lowest BCUT2D eigenvalue weighted by Crippen LogP contribution is -2.28. The molecule has 0 saturated heterocycles. The van der Waals surface area contributed by atoms with E-state index < -0.39 is 0 Å². The normalized spacial score (nSPS) is 13.8. The number of hydrogen-bond acceptors (Lipinski definition) is 0. The lowest BCUT2D eigenvalue weighted by molar-refractivity contribution is 0.768. The average Bonchev–Trinajstić information content (AvgIpc) is 3.11. The van der Waals surface area contributed by atoms with E-state index in [-0.39, 0.29) is 5.41 Å². The van der Waals surface area contributed by atoms with Gasteiger partial charge in [0.05, 0.1) is 5.41 Å². The number of hydrogen-bond donors (Lipinski definition) is 0. The van der Waals surface area contributed by atoms with Crippen molar-refractivity contribution in [2.24, 2.45) is 0 Å². The molecule has 0 nitrogen and oxygen atoms in total. The van der Waals surface area contributed by atoms with Crippen LogP contribution >= 0.6 is 15.9 Å². The van der Waals surface area contributed by atoms with Crippen molar-refractivity contribution in [2.75, 3.05) is 0 Å². The Balaban J connectivity index is 1.87. The molecule has 0 N–H and O–H groups in total. The van der Waals surface area contributed by atoms with Gasteiger partial charge in [0.15, 0.2) is 0 Å². The number of fused-ring (bicyclic) bond motifs is 5. The molecular formula is C29H19Br. The smallest absolute Gasteiger partial charge is 0.0622 e. The molecule has 0 heterocycles. The van der Waals surface area contributed by atoms with Gasteiger partial charge >= 0.3 is 0 Å².